The average Bonchev–Trinajstić information content (AvgIpc) is 2.15. The van der Waals surface area contributed by atoms with Gasteiger partial charge >= 0.3 is 0 Å². The van der Waals surface area contributed by atoms with Crippen LogP contribution in [0, 0.1) is 11.8 Å². The van der Waals surface area contributed by atoms with Crippen molar-refractivity contribution in [2.45, 2.75) is 26.2 Å². The van der Waals surface area contributed by atoms with Crippen LogP contribution in [0.3, 0.4) is 0 Å². The predicted octanol–water partition coefficient (Wildman–Crippen LogP) is 1.98. The van der Waals surface area contributed by atoms with Gasteiger partial charge in [-0.2, -0.15) is 0 Å². The molecule has 0 aliphatic heterocycles. The molecule has 0 radical (unpaired) electrons. The molecule has 10 heavy (non-hydrogen) atoms. The third-order valence-corrected chi connectivity index (χ3v) is 2.64. The highest BCUT2D eigenvalue weighted by molar-refractivity contribution is 4.75. The second-order valence-corrected chi connectivity index (χ2v) is 3.93. The van der Waals surface area contributed by atoms with E-state index in [0.717, 1.165) is 11.8 Å². The van der Waals surface area contributed by atoms with Gasteiger partial charge in [-0.3, -0.25) is 0 Å². The van der Waals surface area contributed by atoms with Gasteiger partial charge in [0.25, 0.3) is 0 Å². The SMILES string of the molecule is C[C@@H]1CCC[C@H]1CN(C)C. The highest BCUT2D eigenvalue weighted by atomic mass is 15.1. The molecule has 0 saturated heterocycles. The van der Waals surface area contributed by atoms with Crippen LogP contribution in [-0.4, -0.2) is 25.5 Å². The summed E-state index contributed by atoms with van der Waals surface area (Å²) in [5.41, 5.74) is 0. The van der Waals surface area contributed by atoms with Crippen molar-refractivity contribution in [2.75, 3.05) is 20.6 Å². The van der Waals surface area contributed by atoms with Crippen molar-refractivity contribution >= 4 is 0 Å². The summed E-state index contributed by atoms with van der Waals surface area (Å²) in [7, 11) is 4.34. The smallest absolute Gasteiger partial charge is 0.000610 e. The van der Waals surface area contributed by atoms with E-state index in [1.165, 1.54) is 25.8 Å². The molecule has 60 valence electrons. The third kappa shape index (κ3) is 1.98. The molecule has 1 saturated carbocycles. The maximum Gasteiger partial charge on any atom is 0.000610 e. The first kappa shape index (κ1) is 8.06. The topological polar surface area (TPSA) is 3.24 Å². The molecule has 0 aromatic heterocycles. The quantitative estimate of drug-likeness (QED) is 0.568. The van der Waals surface area contributed by atoms with E-state index in [1.807, 2.05) is 0 Å². The zero-order valence-corrected chi connectivity index (χ0v) is 7.43. The summed E-state index contributed by atoms with van der Waals surface area (Å²) >= 11 is 0. The van der Waals surface area contributed by atoms with Gasteiger partial charge in [-0.25, -0.2) is 0 Å². The Morgan fingerprint density at radius 3 is 2.40 bits per heavy atom. The summed E-state index contributed by atoms with van der Waals surface area (Å²) < 4.78 is 0. The Morgan fingerprint density at radius 2 is 2.00 bits per heavy atom. The zero-order chi connectivity index (χ0) is 7.56. The zero-order valence-electron chi connectivity index (χ0n) is 7.43. The van der Waals surface area contributed by atoms with Gasteiger partial charge in [-0.05, 0) is 32.4 Å². The summed E-state index contributed by atoms with van der Waals surface area (Å²) in [5, 5.41) is 0. The molecule has 2 atom stereocenters. The Bertz CT molecular complexity index is 98.9. The van der Waals surface area contributed by atoms with Crippen molar-refractivity contribution < 1.29 is 0 Å². The van der Waals surface area contributed by atoms with Crippen molar-refractivity contribution in [1.29, 1.82) is 0 Å². The van der Waals surface area contributed by atoms with E-state index >= 15 is 0 Å². The van der Waals surface area contributed by atoms with Crippen LogP contribution in [0.1, 0.15) is 26.2 Å². The van der Waals surface area contributed by atoms with Crippen LogP contribution in [-0.2, 0) is 0 Å². The molecule has 1 fully saturated rings. The van der Waals surface area contributed by atoms with Gasteiger partial charge in [0, 0.05) is 6.54 Å². The maximum absolute atomic E-state index is 2.39. The molecular weight excluding hydrogens is 122 g/mol. The first-order chi connectivity index (χ1) is 4.70. The van der Waals surface area contributed by atoms with E-state index in [-0.39, 0.29) is 0 Å². The van der Waals surface area contributed by atoms with Crippen LogP contribution in [0.25, 0.3) is 0 Å². The van der Waals surface area contributed by atoms with E-state index in [1.54, 1.807) is 0 Å². The molecule has 0 spiro atoms. The average molecular weight is 141 g/mol. The van der Waals surface area contributed by atoms with Crippen LogP contribution in [0.15, 0.2) is 0 Å². The fourth-order valence-corrected chi connectivity index (χ4v) is 1.96. The van der Waals surface area contributed by atoms with Gasteiger partial charge in [0.1, 0.15) is 0 Å². The summed E-state index contributed by atoms with van der Waals surface area (Å²) in [6, 6.07) is 0. The molecule has 1 rings (SSSR count). The van der Waals surface area contributed by atoms with Crippen molar-refractivity contribution in [3.63, 3.8) is 0 Å². The van der Waals surface area contributed by atoms with Crippen LogP contribution in [0.4, 0.5) is 0 Å². The largest absolute Gasteiger partial charge is 0.309 e. The maximum atomic E-state index is 2.39. The van der Waals surface area contributed by atoms with E-state index in [2.05, 4.69) is 25.9 Å². The lowest BCUT2D eigenvalue weighted by molar-refractivity contribution is 0.286. The van der Waals surface area contributed by atoms with Gasteiger partial charge in [0.05, 0.1) is 0 Å². The molecule has 0 unspecified atom stereocenters. The Hall–Kier alpha value is -0.0400. The molecule has 1 aliphatic carbocycles. The highest BCUT2D eigenvalue weighted by Gasteiger charge is 2.23. The van der Waals surface area contributed by atoms with E-state index < -0.39 is 0 Å². The number of rotatable bonds is 2. The summed E-state index contributed by atoms with van der Waals surface area (Å²) in [6.07, 6.45) is 4.37. The summed E-state index contributed by atoms with van der Waals surface area (Å²) in [4.78, 5) is 2.31. The Morgan fingerprint density at radius 1 is 1.30 bits per heavy atom. The summed E-state index contributed by atoms with van der Waals surface area (Å²) in [5.74, 6) is 1.96. The monoisotopic (exact) mass is 141 g/mol. The molecule has 0 amide bonds. The molecular formula is C9H19N. The van der Waals surface area contributed by atoms with E-state index in [0.29, 0.717) is 0 Å². The van der Waals surface area contributed by atoms with Gasteiger partial charge < -0.3 is 4.90 Å². The first-order valence-electron chi connectivity index (χ1n) is 4.35. The molecule has 0 aromatic carbocycles. The molecule has 0 aromatic rings. The standard InChI is InChI=1S/C9H19N/c1-8-5-4-6-9(8)7-10(2)3/h8-9H,4-7H2,1-3H3/t8-,9+/m1/s1. The van der Waals surface area contributed by atoms with E-state index in [4.69, 9.17) is 0 Å². The van der Waals surface area contributed by atoms with Gasteiger partial charge in [0.15, 0.2) is 0 Å². The molecule has 0 N–H and O–H groups in total. The summed E-state index contributed by atoms with van der Waals surface area (Å²) in [6.45, 7) is 3.68. The van der Waals surface area contributed by atoms with Crippen molar-refractivity contribution in [1.82, 2.24) is 4.90 Å². The van der Waals surface area contributed by atoms with Crippen LogP contribution >= 0.6 is 0 Å². The molecule has 0 heterocycles. The molecule has 1 nitrogen and oxygen atoms in total. The Balaban J connectivity index is 2.26. The molecule has 1 heteroatoms. The van der Waals surface area contributed by atoms with Gasteiger partial charge in [-0.1, -0.05) is 19.8 Å². The van der Waals surface area contributed by atoms with Crippen LogP contribution in [0.2, 0.25) is 0 Å². The van der Waals surface area contributed by atoms with Gasteiger partial charge in [-0.15, -0.1) is 0 Å². The third-order valence-electron chi connectivity index (χ3n) is 2.64. The second-order valence-electron chi connectivity index (χ2n) is 3.93. The normalized spacial score (nSPS) is 33.6. The Kier molecular flexibility index (Phi) is 2.72. The number of hydrogen-bond acceptors (Lipinski definition) is 1. The van der Waals surface area contributed by atoms with Crippen molar-refractivity contribution in [3.8, 4) is 0 Å². The fraction of sp³-hybridized carbons (Fsp3) is 1.00. The minimum absolute atomic E-state index is 0.974. The van der Waals surface area contributed by atoms with Crippen molar-refractivity contribution in [3.05, 3.63) is 0 Å². The lowest BCUT2D eigenvalue weighted by atomic mass is 9.98. The first-order valence-corrected chi connectivity index (χ1v) is 4.35. The molecule has 1 aliphatic rings. The van der Waals surface area contributed by atoms with E-state index in [9.17, 15) is 0 Å². The second kappa shape index (κ2) is 3.38. The highest BCUT2D eigenvalue weighted by Crippen LogP contribution is 2.31. The minimum Gasteiger partial charge on any atom is -0.309 e. The number of nitrogens with zero attached hydrogens (tertiary/aromatic N) is 1. The van der Waals surface area contributed by atoms with Crippen LogP contribution < -0.4 is 0 Å². The lowest BCUT2D eigenvalue weighted by Crippen LogP contribution is -2.22. The fourth-order valence-electron chi connectivity index (χ4n) is 1.96. The minimum atomic E-state index is 0.974. The lowest BCUT2D eigenvalue weighted by Gasteiger charge is -2.19. The van der Waals surface area contributed by atoms with Crippen molar-refractivity contribution in [2.24, 2.45) is 11.8 Å². The number of hydrogen-bond donors (Lipinski definition) is 0. The Labute approximate surface area is 64.4 Å². The molecule has 0 bridgehead atoms. The predicted molar refractivity (Wildman–Crippen MR) is 45.1 cm³/mol. The van der Waals surface area contributed by atoms with Gasteiger partial charge in [0.2, 0.25) is 0 Å². The van der Waals surface area contributed by atoms with Crippen LogP contribution in [0.5, 0.6) is 0 Å².